The summed E-state index contributed by atoms with van der Waals surface area (Å²) in [4.78, 5) is 12.2. The van der Waals surface area contributed by atoms with Crippen molar-refractivity contribution in [1.29, 1.82) is 0 Å². The van der Waals surface area contributed by atoms with Gasteiger partial charge in [-0.15, -0.1) is 0 Å². The van der Waals surface area contributed by atoms with E-state index in [9.17, 15) is 4.79 Å². The molecule has 0 aliphatic rings. The molecule has 2 aromatic rings. The van der Waals surface area contributed by atoms with Crippen LogP contribution in [0, 0.1) is 34.6 Å². The van der Waals surface area contributed by atoms with Crippen molar-refractivity contribution in [2.75, 3.05) is 17.2 Å². The standard InChI is InChI=1S/C20H26N2O/c1-13-11-16(4)19(17(5)12-13)21-10-9-18(23)22-20-14(2)7-6-8-15(20)3/h6-8,11-12,21H,9-10H2,1-5H3,(H,22,23). The first-order chi connectivity index (χ1) is 10.9. The van der Waals surface area contributed by atoms with Gasteiger partial charge in [0.1, 0.15) is 0 Å². The van der Waals surface area contributed by atoms with Gasteiger partial charge in [0, 0.05) is 24.3 Å². The van der Waals surface area contributed by atoms with Gasteiger partial charge in [-0.25, -0.2) is 0 Å². The van der Waals surface area contributed by atoms with E-state index in [0.29, 0.717) is 13.0 Å². The molecule has 0 spiro atoms. The monoisotopic (exact) mass is 310 g/mol. The first-order valence-corrected chi connectivity index (χ1v) is 8.06. The highest BCUT2D eigenvalue weighted by Crippen LogP contribution is 2.22. The fourth-order valence-corrected chi connectivity index (χ4v) is 2.97. The second-order valence-electron chi connectivity index (χ2n) is 6.27. The molecule has 0 aliphatic heterocycles. The van der Waals surface area contributed by atoms with Gasteiger partial charge in [-0.2, -0.15) is 0 Å². The van der Waals surface area contributed by atoms with Crippen LogP contribution in [0.15, 0.2) is 30.3 Å². The van der Waals surface area contributed by atoms with Crippen LogP contribution < -0.4 is 10.6 Å². The number of benzene rings is 2. The third kappa shape index (κ3) is 4.35. The lowest BCUT2D eigenvalue weighted by Gasteiger charge is -2.15. The molecule has 0 heterocycles. The van der Waals surface area contributed by atoms with Crippen molar-refractivity contribution in [3.05, 3.63) is 58.1 Å². The number of aryl methyl sites for hydroxylation is 5. The minimum absolute atomic E-state index is 0.0392. The zero-order chi connectivity index (χ0) is 17.0. The number of hydrogen-bond acceptors (Lipinski definition) is 2. The Morgan fingerprint density at radius 1 is 0.870 bits per heavy atom. The quantitative estimate of drug-likeness (QED) is 0.842. The third-order valence-corrected chi connectivity index (χ3v) is 4.08. The molecular formula is C20H26N2O. The smallest absolute Gasteiger partial charge is 0.226 e. The number of rotatable bonds is 5. The Labute approximate surface area is 139 Å². The maximum atomic E-state index is 12.2. The van der Waals surface area contributed by atoms with Gasteiger partial charge in [-0.05, 0) is 56.9 Å². The maximum Gasteiger partial charge on any atom is 0.226 e. The van der Waals surface area contributed by atoms with Gasteiger partial charge in [0.25, 0.3) is 0 Å². The summed E-state index contributed by atoms with van der Waals surface area (Å²) < 4.78 is 0. The van der Waals surface area contributed by atoms with Crippen LogP contribution in [0.5, 0.6) is 0 Å². The molecule has 23 heavy (non-hydrogen) atoms. The van der Waals surface area contributed by atoms with E-state index < -0.39 is 0 Å². The molecule has 2 rings (SSSR count). The van der Waals surface area contributed by atoms with E-state index in [1.807, 2.05) is 32.0 Å². The van der Waals surface area contributed by atoms with E-state index in [1.54, 1.807) is 0 Å². The van der Waals surface area contributed by atoms with Crippen LogP contribution in [-0.4, -0.2) is 12.5 Å². The second kappa shape index (κ2) is 7.32. The first kappa shape index (κ1) is 17.1. The van der Waals surface area contributed by atoms with Crippen LogP contribution in [0.3, 0.4) is 0 Å². The van der Waals surface area contributed by atoms with Gasteiger partial charge in [0.05, 0.1) is 0 Å². The average molecular weight is 310 g/mol. The Morgan fingerprint density at radius 2 is 1.43 bits per heavy atom. The molecule has 3 heteroatoms. The number of anilines is 2. The van der Waals surface area contributed by atoms with Crippen molar-refractivity contribution in [3.63, 3.8) is 0 Å². The molecule has 122 valence electrons. The largest absolute Gasteiger partial charge is 0.384 e. The molecule has 0 aromatic heterocycles. The number of carbonyl (C=O) groups is 1. The lowest BCUT2D eigenvalue weighted by Crippen LogP contribution is -2.18. The lowest BCUT2D eigenvalue weighted by molar-refractivity contribution is -0.115. The first-order valence-electron chi connectivity index (χ1n) is 8.06. The summed E-state index contributed by atoms with van der Waals surface area (Å²) in [6.07, 6.45) is 0.445. The average Bonchev–Trinajstić information content (AvgIpc) is 2.46. The van der Waals surface area contributed by atoms with Crippen molar-refractivity contribution in [1.82, 2.24) is 0 Å². The van der Waals surface area contributed by atoms with Gasteiger partial charge < -0.3 is 10.6 Å². The number of nitrogens with one attached hydrogen (secondary N) is 2. The van der Waals surface area contributed by atoms with E-state index in [4.69, 9.17) is 0 Å². The number of para-hydroxylation sites is 1. The highest BCUT2D eigenvalue weighted by molar-refractivity contribution is 5.92. The third-order valence-electron chi connectivity index (χ3n) is 4.08. The predicted molar refractivity (Wildman–Crippen MR) is 98.3 cm³/mol. The normalized spacial score (nSPS) is 10.5. The van der Waals surface area contributed by atoms with Crippen LogP contribution in [0.25, 0.3) is 0 Å². The van der Waals surface area contributed by atoms with E-state index in [0.717, 1.165) is 22.5 Å². The van der Waals surface area contributed by atoms with Gasteiger partial charge in [0.15, 0.2) is 0 Å². The highest BCUT2D eigenvalue weighted by atomic mass is 16.1. The minimum atomic E-state index is 0.0392. The number of carbonyl (C=O) groups excluding carboxylic acids is 1. The zero-order valence-corrected chi connectivity index (χ0v) is 14.7. The summed E-state index contributed by atoms with van der Waals surface area (Å²) in [5.41, 5.74) is 7.96. The fourth-order valence-electron chi connectivity index (χ4n) is 2.97. The SMILES string of the molecule is Cc1cc(C)c(NCCC(=O)Nc2c(C)cccc2C)c(C)c1. The predicted octanol–water partition coefficient (Wildman–Crippen LogP) is 4.67. The Kier molecular flexibility index (Phi) is 5.43. The lowest BCUT2D eigenvalue weighted by atomic mass is 10.1. The van der Waals surface area contributed by atoms with E-state index >= 15 is 0 Å². The second-order valence-corrected chi connectivity index (χ2v) is 6.27. The van der Waals surface area contributed by atoms with Gasteiger partial charge >= 0.3 is 0 Å². The van der Waals surface area contributed by atoms with Gasteiger partial charge in [-0.3, -0.25) is 4.79 Å². The molecule has 3 nitrogen and oxygen atoms in total. The molecule has 0 radical (unpaired) electrons. The molecule has 0 atom stereocenters. The minimum Gasteiger partial charge on any atom is -0.384 e. The highest BCUT2D eigenvalue weighted by Gasteiger charge is 2.08. The van der Waals surface area contributed by atoms with Gasteiger partial charge in [-0.1, -0.05) is 35.9 Å². The summed E-state index contributed by atoms with van der Waals surface area (Å²) in [7, 11) is 0. The van der Waals surface area contributed by atoms with E-state index in [1.165, 1.54) is 16.7 Å². The molecule has 1 amide bonds. The molecule has 0 bridgehead atoms. The Bertz CT molecular complexity index is 676. The molecular weight excluding hydrogens is 284 g/mol. The van der Waals surface area contributed by atoms with Crippen molar-refractivity contribution in [2.45, 2.75) is 41.0 Å². The topological polar surface area (TPSA) is 41.1 Å². The van der Waals surface area contributed by atoms with Crippen molar-refractivity contribution >= 4 is 17.3 Å². The Balaban J connectivity index is 1.93. The van der Waals surface area contributed by atoms with Crippen molar-refractivity contribution in [2.24, 2.45) is 0 Å². The number of amides is 1. The van der Waals surface area contributed by atoms with Crippen molar-refractivity contribution < 1.29 is 4.79 Å². The summed E-state index contributed by atoms with van der Waals surface area (Å²) in [5.74, 6) is 0.0392. The summed E-state index contributed by atoms with van der Waals surface area (Å²) >= 11 is 0. The zero-order valence-electron chi connectivity index (χ0n) is 14.7. The summed E-state index contributed by atoms with van der Waals surface area (Å²) in [6.45, 7) is 10.9. The summed E-state index contributed by atoms with van der Waals surface area (Å²) in [6, 6.07) is 10.3. The molecule has 2 N–H and O–H groups in total. The van der Waals surface area contributed by atoms with Crippen LogP contribution in [0.4, 0.5) is 11.4 Å². The maximum absolute atomic E-state index is 12.2. The Hall–Kier alpha value is -2.29. The van der Waals surface area contributed by atoms with Crippen LogP contribution in [0.2, 0.25) is 0 Å². The fraction of sp³-hybridized carbons (Fsp3) is 0.350. The van der Waals surface area contributed by atoms with E-state index in [-0.39, 0.29) is 5.91 Å². The molecule has 0 fully saturated rings. The van der Waals surface area contributed by atoms with Crippen LogP contribution in [0.1, 0.15) is 34.2 Å². The molecule has 2 aromatic carbocycles. The van der Waals surface area contributed by atoms with Crippen LogP contribution >= 0.6 is 0 Å². The number of hydrogen-bond donors (Lipinski definition) is 2. The molecule has 0 saturated carbocycles. The molecule has 0 unspecified atom stereocenters. The molecule has 0 saturated heterocycles. The van der Waals surface area contributed by atoms with E-state index in [2.05, 4.69) is 43.5 Å². The van der Waals surface area contributed by atoms with Crippen LogP contribution in [-0.2, 0) is 4.79 Å². The molecule has 0 aliphatic carbocycles. The Morgan fingerprint density at radius 3 is 2.00 bits per heavy atom. The summed E-state index contributed by atoms with van der Waals surface area (Å²) in [5, 5.41) is 6.42. The van der Waals surface area contributed by atoms with Crippen molar-refractivity contribution in [3.8, 4) is 0 Å². The van der Waals surface area contributed by atoms with Gasteiger partial charge in [0.2, 0.25) is 5.91 Å².